The van der Waals surface area contributed by atoms with Gasteiger partial charge in [-0.3, -0.25) is 4.99 Å². The summed E-state index contributed by atoms with van der Waals surface area (Å²) in [5, 5.41) is 3.52. The van der Waals surface area contributed by atoms with Crippen molar-refractivity contribution in [3.05, 3.63) is 35.6 Å². The molecule has 1 atom stereocenters. The Morgan fingerprint density at radius 3 is 2.67 bits per heavy atom. The summed E-state index contributed by atoms with van der Waals surface area (Å²) in [7, 11) is 1.85. The highest BCUT2D eigenvalue weighted by molar-refractivity contribution is 14.0. The molecule has 0 aromatic heterocycles. The van der Waals surface area contributed by atoms with Crippen LogP contribution >= 0.6 is 24.0 Å². The molecule has 1 N–H and O–H groups in total. The van der Waals surface area contributed by atoms with E-state index in [1.54, 1.807) is 12.1 Å². The first-order valence-electron chi connectivity index (χ1n) is 9.92. The first-order valence-corrected chi connectivity index (χ1v) is 9.92. The van der Waals surface area contributed by atoms with E-state index in [1.165, 1.54) is 45.0 Å². The summed E-state index contributed by atoms with van der Waals surface area (Å²) in [5.41, 5.74) is 0.848. The maximum Gasteiger partial charge on any atom is 0.193 e. The van der Waals surface area contributed by atoms with E-state index >= 15 is 0 Å². The number of rotatable bonds is 5. The zero-order valence-corrected chi connectivity index (χ0v) is 19.2. The fourth-order valence-corrected chi connectivity index (χ4v) is 4.15. The van der Waals surface area contributed by atoms with Crippen LogP contribution in [0.1, 0.15) is 38.7 Å². The predicted octanol–water partition coefficient (Wildman–Crippen LogP) is 3.71. The minimum Gasteiger partial charge on any atom is -0.355 e. The molecule has 0 amide bonds. The number of nitrogens with zero attached hydrogens (tertiary/aromatic N) is 3. The zero-order chi connectivity index (χ0) is 18.6. The molecule has 6 heteroatoms. The molecule has 2 heterocycles. The lowest BCUT2D eigenvalue weighted by molar-refractivity contribution is 0.281. The average molecular weight is 488 g/mol. The number of hydrogen-bond donors (Lipinski definition) is 1. The second-order valence-electron chi connectivity index (χ2n) is 8.40. The van der Waals surface area contributed by atoms with Crippen molar-refractivity contribution in [3.8, 4) is 0 Å². The maximum absolute atomic E-state index is 13.6. The van der Waals surface area contributed by atoms with E-state index in [0.717, 1.165) is 37.1 Å². The number of likely N-dealkylation sites (tertiary alicyclic amines) is 2. The molecule has 1 aromatic rings. The van der Waals surface area contributed by atoms with Crippen molar-refractivity contribution >= 4 is 29.9 Å². The molecule has 0 spiro atoms. The van der Waals surface area contributed by atoms with Gasteiger partial charge in [0.1, 0.15) is 5.82 Å². The molecule has 1 unspecified atom stereocenters. The van der Waals surface area contributed by atoms with Crippen LogP contribution in [0.15, 0.2) is 29.3 Å². The molecule has 2 aliphatic heterocycles. The number of halogens is 2. The van der Waals surface area contributed by atoms with Gasteiger partial charge in [-0.2, -0.15) is 0 Å². The van der Waals surface area contributed by atoms with Crippen LogP contribution in [-0.2, 0) is 5.41 Å². The van der Waals surface area contributed by atoms with Crippen LogP contribution in [0, 0.1) is 11.7 Å². The highest BCUT2D eigenvalue weighted by Gasteiger charge is 2.28. The van der Waals surface area contributed by atoms with Gasteiger partial charge >= 0.3 is 0 Å². The van der Waals surface area contributed by atoms with E-state index in [0.29, 0.717) is 0 Å². The van der Waals surface area contributed by atoms with Crippen molar-refractivity contribution in [1.29, 1.82) is 0 Å². The highest BCUT2D eigenvalue weighted by Crippen LogP contribution is 2.24. The summed E-state index contributed by atoms with van der Waals surface area (Å²) >= 11 is 0. The fraction of sp³-hybridized carbons (Fsp3) is 0.667. The summed E-state index contributed by atoms with van der Waals surface area (Å²) in [4.78, 5) is 9.48. The van der Waals surface area contributed by atoms with E-state index in [2.05, 4.69) is 34.0 Å². The third kappa shape index (κ3) is 6.04. The molecule has 1 aromatic carbocycles. The molecule has 152 valence electrons. The van der Waals surface area contributed by atoms with Crippen molar-refractivity contribution in [2.75, 3.05) is 46.3 Å². The van der Waals surface area contributed by atoms with Gasteiger partial charge in [-0.1, -0.05) is 26.0 Å². The Bertz CT molecular complexity index is 628. The Labute approximate surface area is 180 Å². The Hall–Kier alpha value is -0.890. The topological polar surface area (TPSA) is 30.9 Å². The Balaban J connectivity index is 0.00000261. The van der Waals surface area contributed by atoms with E-state index in [4.69, 9.17) is 0 Å². The monoisotopic (exact) mass is 488 g/mol. The van der Waals surface area contributed by atoms with Crippen LogP contribution in [0.5, 0.6) is 0 Å². The highest BCUT2D eigenvalue weighted by atomic mass is 127. The second-order valence-corrected chi connectivity index (χ2v) is 8.40. The van der Waals surface area contributed by atoms with E-state index in [9.17, 15) is 4.39 Å². The van der Waals surface area contributed by atoms with Crippen LogP contribution in [-0.4, -0.2) is 62.1 Å². The maximum atomic E-state index is 13.6. The average Bonchev–Trinajstić information content (AvgIpc) is 3.28. The number of aliphatic imine (C=N–C) groups is 1. The summed E-state index contributed by atoms with van der Waals surface area (Å²) < 4.78 is 13.6. The SMILES string of the molecule is CN=C(NCC(C)(C)c1cccc(F)c1)N1CCC(CN2CCCC2)C1.I. The third-order valence-corrected chi connectivity index (χ3v) is 5.81. The first-order chi connectivity index (χ1) is 12.5. The normalized spacial score (nSPS) is 21.4. The van der Waals surface area contributed by atoms with Crippen LogP contribution in [0.3, 0.4) is 0 Å². The van der Waals surface area contributed by atoms with Gasteiger partial charge in [0.15, 0.2) is 5.96 Å². The van der Waals surface area contributed by atoms with Crippen molar-refractivity contribution in [1.82, 2.24) is 15.1 Å². The quantitative estimate of drug-likeness (QED) is 0.390. The minimum absolute atomic E-state index is 0. The number of benzene rings is 1. The van der Waals surface area contributed by atoms with Gasteiger partial charge in [0.05, 0.1) is 0 Å². The van der Waals surface area contributed by atoms with E-state index in [-0.39, 0.29) is 35.2 Å². The van der Waals surface area contributed by atoms with Crippen molar-refractivity contribution in [2.24, 2.45) is 10.9 Å². The lowest BCUT2D eigenvalue weighted by Crippen LogP contribution is -2.45. The second kappa shape index (κ2) is 10.0. The van der Waals surface area contributed by atoms with Gasteiger partial charge in [0.25, 0.3) is 0 Å². The van der Waals surface area contributed by atoms with Crippen molar-refractivity contribution < 1.29 is 4.39 Å². The lowest BCUT2D eigenvalue weighted by atomic mass is 9.84. The van der Waals surface area contributed by atoms with Gasteiger partial charge in [-0.05, 0) is 56.0 Å². The molecular formula is C21H34FIN4. The minimum atomic E-state index is -0.177. The molecule has 0 aliphatic carbocycles. The predicted molar refractivity (Wildman–Crippen MR) is 122 cm³/mol. The number of guanidine groups is 1. The Morgan fingerprint density at radius 1 is 1.26 bits per heavy atom. The molecule has 3 rings (SSSR count). The number of hydrogen-bond acceptors (Lipinski definition) is 2. The molecule has 2 aliphatic rings. The standard InChI is InChI=1S/C21H33FN4.HI/c1-21(2,18-7-6-8-19(22)13-18)16-24-20(23-3)26-12-9-17(15-26)14-25-10-4-5-11-25;/h6-8,13,17H,4-5,9-12,14-16H2,1-3H3,(H,23,24);1H. The molecule has 0 bridgehead atoms. The van der Waals surface area contributed by atoms with Gasteiger partial charge in [0.2, 0.25) is 0 Å². The van der Waals surface area contributed by atoms with Gasteiger partial charge in [-0.25, -0.2) is 4.39 Å². The lowest BCUT2D eigenvalue weighted by Gasteiger charge is -2.29. The summed E-state index contributed by atoms with van der Waals surface area (Å²) in [6, 6.07) is 6.91. The summed E-state index contributed by atoms with van der Waals surface area (Å²) in [6.45, 7) is 10.9. The molecule has 0 saturated carbocycles. The molecule has 2 saturated heterocycles. The van der Waals surface area contributed by atoms with Crippen LogP contribution in [0.4, 0.5) is 4.39 Å². The summed E-state index contributed by atoms with van der Waals surface area (Å²) in [6.07, 6.45) is 3.95. The van der Waals surface area contributed by atoms with Crippen molar-refractivity contribution in [2.45, 2.75) is 38.5 Å². The van der Waals surface area contributed by atoms with Gasteiger partial charge < -0.3 is 15.1 Å². The largest absolute Gasteiger partial charge is 0.355 e. The smallest absolute Gasteiger partial charge is 0.193 e. The fourth-order valence-electron chi connectivity index (χ4n) is 4.15. The molecule has 2 fully saturated rings. The number of nitrogens with one attached hydrogen (secondary N) is 1. The van der Waals surface area contributed by atoms with Crippen LogP contribution in [0.2, 0.25) is 0 Å². The Morgan fingerprint density at radius 2 is 2.00 bits per heavy atom. The first kappa shape index (κ1) is 22.4. The third-order valence-electron chi connectivity index (χ3n) is 5.81. The van der Waals surface area contributed by atoms with Crippen molar-refractivity contribution in [3.63, 3.8) is 0 Å². The van der Waals surface area contributed by atoms with Crippen LogP contribution in [0.25, 0.3) is 0 Å². The molecular weight excluding hydrogens is 454 g/mol. The zero-order valence-electron chi connectivity index (χ0n) is 16.9. The van der Waals surface area contributed by atoms with Gasteiger partial charge in [-0.15, -0.1) is 24.0 Å². The summed E-state index contributed by atoms with van der Waals surface area (Å²) in [5.74, 6) is 1.53. The molecule has 27 heavy (non-hydrogen) atoms. The van der Waals surface area contributed by atoms with Gasteiger partial charge in [0, 0.05) is 38.6 Å². The molecule has 0 radical (unpaired) electrons. The molecule has 4 nitrogen and oxygen atoms in total. The van der Waals surface area contributed by atoms with E-state index < -0.39 is 0 Å². The van der Waals surface area contributed by atoms with E-state index in [1.807, 2.05) is 13.1 Å². The van der Waals surface area contributed by atoms with Crippen LogP contribution < -0.4 is 5.32 Å². The Kier molecular flexibility index (Phi) is 8.34.